The Labute approximate surface area is 190 Å². The zero-order valence-corrected chi connectivity index (χ0v) is 18.5. The van der Waals surface area contributed by atoms with Gasteiger partial charge in [-0.2, -0.15) is 0 Å². The summed E-state index contributed by atoms with van der Waals surface area (Å²) in [5, 5.41) is 7.44. The van der Waals surface area contributed by atoms with Gasteiger partial charge in [-0.25, -0.2) is 28.2 Å². The van der Waals surface area contributed by atoms with E-state index in [1.165, 1.54) is 17.4 Å². The molecule has 0 unspecified atom stereocenters. The lowest BCUT2D eigenvalue weighted by molar-refractivity contribution is 0.146. The summed E-state index contributed by atoms with van der Waals surface area (Å²) in [6.45, 7) is 3.69. The zero-order chi connectivity index (χ0) is 22.7. The van der Waals surface area contributed by atoms with Gasteiger partial charge in [0.1, 0.15) is 27.3 Å². The summed E-state index contributed by atoms with van der Waals surface area (Å²) >= 11 is 1.30. The highest BCUT2D eigenvalue weighted by Gasteiger charge is 2.21. The number of thiophene rings is 1. The van der Waals surface area contributed by atoms with Gasteiger partial charge in [-0.3, -0.25) is 0 Å². The summed E-state index contributed by atoms with van der Waals surface area (Å²) in [4.78, 5) is 13.9. The van der Waals surface area contributed by atoms with Crippen molar-refractivity contribution in [2.45, 2.75) is 26.4 Å². The van der Waals surface area contributed by atoms with Crippen LogP contribution in [0.5, 0.6) is 5.75 Å². The number of rotatable bonds is 4. The second-order valence-electron chi connectivity index (χ2n) is 7.84. The highest BCUT2D eigenvalue weighted by atomic mass is 32.1. The molecule has 6 rings (SSSR count). The minimum atomic E-state index is -2.63. The number of alkyl halides is 2. The van der Waals surface area contributed by atoms with Crippen molar-refractivity contribution in [1.82, 2.24) is 24.6 Å². The topological polar surface area (TPSA) is 65.2 Å². The van der Waals surface area contributed by atoms with E-state index in [0.29, 0.717) is 27.4 Å². The van der Waals surface area contributed by atoms with Gasteiger partial charge in [0.25, 0.3) is 6.43 Å². The molecule has 0 radical (unpaired) electrons. The lowest BCUT2D eigenvalue weighted by Gasteiger charge is -2.13. The first-order valence-electron chi connectivity index (χ1n) is 10.4. The Hall–Kier alpha value is -3.72. The minimum absolute atomic E-state index is 0.234. The number of aryl methyl sites for hydroxylation is 1. The van der Waals surface area contributed by atoms with Gasteiger partial charge in [-0.15, -0.1) is 16.4 Å². The minimum Gasteiger partial charge on any atom is -0.482 e. The molecule has 0 N–H and O–H groups in total. The summed E-state index contributed by atoms with van der Waals surface area (Å²) in [6.07, 6.45) is -1.45. The first-order chi connectivity index (χ1) is 16.0. The average molecular weight is 461 g/mol. The maximum Gasteiger partial charge on any atom is 0.280 e. The van der Waals surface area contributed by atoms with Crippen molar-refractivity contribution in [1.29, 1.82) is 0 Å². The predicted octanol–water partition coefficient (Wildman–Crippen LogP) is 6.43. The maximum atomic E-state index is 13.2. The third-order valence-corrected chi connectivity index (χ3v) is 6.71. The van der Waals surface area contributed by atoms with E-state index in [-0.39, 0.29) is 5.69 Å². The number of benzene rings is 2. The van der Waals surface area contributed by atoms with Crippen LogP contribution >= 0.6 is 11.3 Å². The van der Waals surface area contributed by atoms with Gasteiger partial charge in [0, 0.05) is 10.8 Å². The van der Waals surface area contributed by atoms with Crippen LogP contribution in [-0.2, 0) is 0 Å². The summed E-state index contributed by atoms with van der Waals surface area (Å²) in [6, 6.07) is 15.4. The average Bonchev–Trinajstić information content (AvgIpc) is 3.41. The number of hydrogen-bond acceptors (Lipinski definition) is 6. The highest BCUT2D eigenvalue weighted by Crippen LogP contribution is 2.37. The van der Waals surface area contributed by atoms with Crippen LogP contribution in [0.4, 0.5) is 8.78 Å². The summed E-state index contributed by atoms with van der Waals surface area (Å²) in [7, 11) is 0. The van der Waals surface area contributed by atoms with Crippen LogP contribution in [0, 0.1) is 6.92 Å². The van der Waals surface area contributed by atoms with Crippen LogP contribution < -0.4 is 4.74 Å². The lowest BCUT2D eigenvalue weighted by atomic mass is 10.1. The smallest absolute Gasteiger partial charge is 0.280 e. The Morgan fingerprint density at radius 3 is 2.73 bits per heavy atom. The van der Waals surface area contributed by atoms with Crippen LogP contribution in [0.25, 0.3) is 36.9 Å². The fourth-order valence-electron chi connectivity index (χ4n) is 4.08. The maximum absolute atomic E-state index is 13.2. The van der Waals surface area contributed by atoms with Crippen LogP contribution in [0.15, 0.2) is 54.9 Å². The van der Waals surface area contributed by atoms with Gasteiger partial charge >= 0.3 is 0 Å². The Morgan fingerprint density at radius 2 is 1.88 bits per heavy atom. The number of aromatic nitrogens is 5. The normalized spacial score (nSPS) is 13.0. The molecule has 6 nitrogen and oxygen atoms in total. The highest BCUT2D eigenvalue weighted by molar-refractivity contribution is 7.26. The second-order valence-corrected chi connectivity index (χ2v) is 8.84. The van der Waals surface area contributed by atoms with Crippen molar-refractivity contribution in [2.24, 2.45) is 0 Å². The van der Waals surface area contributed by atoms with Crippen molar-refractivity contribution in [2.75, 3.05) is 0 Å². The molecule has 33 heavy (non-hydrogen) atoms. The molecule has 0 amide bonds. The van der Waals surface area contributed by atoms with Crippen molar-refractivity contribution in [3.63, 3.8) is 0 Å². The van der Waals surface area contributed by atoms with E-state index in [9.17, 15) is 8.78 Å². The number of fused-ring (bicyclic) bond motifs is 6. The molecular formula is C24H17F2N5OS. The number of hydrogen-bond donors (Lipinski definition) is 0. The molecule has 0 bridgehead atoms. The Balaban J connectivity index is 1.45. The lowest BCUT2D eigenvalue weighted by Crippen LogP contribution is -2.05. The summed E-state index contributed by atoms with van der Waals surface area (Å²) < 4.78 is 35.1. The van der Waals surface area contributed by atoms with Crippen molar-refractivity contribution < 1.29 is 13.5 Å². The third-order valence-electron chi connectivity index (χ3n) is 5.64. The summed E-state index contributed by atoms with van der Waals surface area (Å²) in [5.41, 5.74) is 1.77. The van der Waals surface area contributed by atoms with Crippen molar-refractivity contribution >= 4 is 48.2 Å². The van der Waals surface area contributed by atoms with E-state index in [1.54, 1.807) is 17.8 Å². The molecule has 2 aromatic carbocycles. The molecule has 0 spiro atoms. The Kier molecular flexibility index (Phi) is 4.48. The van der Waals surface area contributed by atoms with Crippen LogP contribution in [0.1, 0.15) is 36.5 Å². The predicted molar refractivity (Wildman–Crippen MR) is 124 cm³/mol. The number of halogens is 2. The first kappa shape index (κ1) is 19.9. The van der Waals surface area contributed by atoms with Gasteiger partial charge in [0.2, 0.25) is 0 Å². The molecule has 0 saturated heterocycles. The fourth-order valence-corrected chi connectivity index (χ4v) is 5.26. The van der Waals surface area contributed by atoms with Gasteiger partial charge in [-0.05, 0) is 36.9 Å². The molecule has 164 valence electrons. The Bertz CT molecular complexity index is 1670. The molecule has 4 aromatic heterocycles. The van der Waals surface area contributed by atoms with E-state index >= 15 is 0 Å². The summed E-state index contributed by atoms with van der Waals surface area (Å²) in [5.74, 6) is 1.26. The molecule has 0 aliphatic rings. The van der Waals surface area contributed by atoms with E-state index in [0.717, 1.165) is 26.6 Å². The number of nitrogens with zero attached hydrogens (tertiary/aromatic N) is 5. The van der Waals surface area contributed by atoms with Crippen LogP contribution in [-0.4, -0.2) is 24.6 Å². The van der Waals surface area contributed by atoms with E-state index < -0.39 is 12.5 Å². The van der Waals surface area contributed by atoms with Gasteiger partial charge in [0.05, 0.1) is 5.52 Å². The third kappa shape index (κ3) is 3.19. The number of ether oxygens (including phenoxy) is 1. The molecule has 0 fully saturated rings. The SMILES string of the molecule is Cc1cc(C(F)F)nc2sc3c(ncn4nc([C@@H](C)Oc5cccc6ccccc56)nc34)c12. The molecule has 1 atom stereocenters. The molecule has 4 heterocycles. The van der Waals surface area contributed by atoms with Crippen LogP contribution in [0.2, 0.25) is 0 Å². The van der Waals surface area contributed by atoms with Gasteiger partial charge in [0.15, 0.2) is 17.6 Å². The monoisotopic (exact) mass is 461 g/mol. The largest absolute Gasteiger partial charge is 0.482 e. The van der Waals surface area contributed by atoms with E-state index in [1.807, 2.05) is 49.4 Å². The zero-order valence-electron chi connectivity index (χ0n) is 17.7. The Morgan fingerprint density at radius 1 is 1.06 bits per heavy atom. The van der Waals surface area contributed by atoms with Gasteiger partial charge in [-0.1, -0.05) is 36.4 Å². The molecule has 0 saturated carbocycles. The second kappa shape index (κ2) is 7.41. The van der Waals surface area contributed by atoms with Crippen molar-refractivity contribution in [3.05, 3.63) is 71.9 Å². The van der Waals surface area contributed by atoms with Crippen LogP contribution in [0.3, 0.4) is 0 Å². The number of pyridine rings is 1. The van der Waals surface area contributed by atoms with Crippen molar-refractivity contribution in [3.8, 4) is 5.75 Å². The molecule has 9 heteroatoms. The van der Waals surface area contributed by atoms with E-state index in [4.69, 9.17) is 9.72 Å². The fraction of sp³-hybridized carbons (Fsp3) is 0.167. The first-order valence-corrected chi connectivity index (χ1v) is 11.2. The molecule has 6 aromatic rings. The molecule has 0 aliphatic heterocycles. The molecule has 0 aliphatic carbocycles. The van der Waals surface area contributed by atoms with E-state index in [2.05, 4.69) is 15.1 Å². The molecular weight excluding hydrogens is 444 g/mol. The quantitative estimate of drug-likeness (QED) is 0.303. The van der Waals surface area contributed by atoms with Gasteiger partial charge < -0.3 is 4.74 Å². The standard InChI is InChI=1S/C24H17F2N5OS/c1-12-10-16(21(25)26)28-24-18(12)19-20(33-24)23-29-22(30-31(23)11-27-19)13(2)32-17-9-5-7-14-6-3-4-8-15(14)17/h3-11,13,21H,1-2H3/t13-/m1/s1.